The maximum Gasteiger partial charge on any atom is 0.158 e. The smallest absolute Gasteiger partial charge is 0.158 e. The molecule has 0 radical (unpaired) electrons. The fourth-order valence-electron chi connectivity index (χ4n) is 2.97. The molecule has 3 heterocycles. The Balaban J connectivity index is 1.84. The van der Waals surface area contributed by atoms with Gasteiger partial charge in [0.1, 0.15) is 5.69 Å². The van der Waals surface area contributed by atoms with Crippen LogP contribution in [0.5, 0.6) is 0 Å². The zero-order chi connectivity index (χ0) is 15.4. The van der Waals surface area contributed by atoms with Gasteiger partial charge in [0.25, 0.3) is 0 Å². The molecule has 0 spiro atoms. The van der Waals surface area contributed by atoms with Crippen LogP contribution in [0.3, 0.4) is 0 Å². The number of nitrogens with zero attached hydrogens (tertiary/aromatic N) is 3. The van der Waals surface area contributed by atoms with Crippen LogP contribution in [-0.4, -0.2) is 39.5 Å². The number of ether oxygens (including phenoxy) is 1. The molecule has 1 aliphatic heterocycles. The number of rotatable bonds is 5. The number of hydrogen-bond donors (Lipinski definition) is 1. The second kappa shape index (κ2) is 6.58. The summed E-state index contributed by atoms with van der Waals surface area (Å²) in [5.41, 5.74) is 1.98. The third kappa shape index (κ3) is 3.05. The Morgan fingerprint density at radius 3 is 2.73 bits per heavy atom. The molecule has 0 aromatic carbocycles. The van der Waals surface area contributed by atoms with Crippen molar-refractivity contribution in [3.63, 3.8) is 0 Å². The fraction of sp³-hybridized carbons (Fsp3) is 0.529. The van der Waals surface area contributed by atoms with Crippen molar-refractivity contribution in [2.75, 3.05) is 19.8 Å². The number of aliphatic hydroxyl groups is 1. The molecule has 22 heavy (non-hydrogen) atoms. The maximum atomic E-state index is 9.87. The summed E-state index contributed by atoms with van der Waals surface area (Å²) in [6.45, 7) is 4.48. The van der Waals surface area contributed by atoms with E-state index in [2.05, 4.69) is 27.5 Å². The van der Waals surface area contributed by atoms with Gasteiger partial charge in [0.05, 0.1) is 6.61 Å². The Hall–Kier alpha value is -1.72. The largest absolute Gasteiger partial charge is 0.396 e. The van der Waals surface area contributed by atoms with Crippen molar-refractivity contribution >= 4 is 0 Å². The van der Waals surface area contributed by atoms with Gasteiger partial charge in [0.2, 0.25) is 0 Å². The number of aromatic nitrogens is 3. The summed E-state index contributed by atoms with van der Waals surface area (Å²) in [4.78, 5) is 8.98. The molecule has 2 aromatic heterocycles. The molecule has 0 aliphatic carbocycles. The van der Waals surface area contributed by atoms with Crippen LogP contribution in [0.1, 0.15) is 25.3 Å². The van der Waals surface area contributed by atoms with Crippen molar-refractivity contribution in [2.45, 2.75) is 32.7 Å². The van der Waals surface area contributed by atoms with E-state index in [-0.39, 0.29) is 12.0 Å². The molecule has 0 saturated carbocycles. The molecular weight excluding hydrogens is 278 g/mol. The van der Waals surface area contributed by atoms with Crippen molar-refractivity contribution in [3.05, 3.63) is 36.3 Å². The Labute approximate surface area is 131 Å². The van der Waals surface area contributed by atoms with Crippen LogP contribution >= 0.6 is 0 Å². The molecule has 2 aromatic rings. The summed E-state index contributed by atoms with van der Waals surface area (Å²) >= 11 is 0. The Morgan fingerprint density at radius 2 is 2.09 bits per heavy atom. The molecule has 0 bridgehead atoms. The van der Waals surface area contributed by atoms with Crippen molar-refractivity contribution in [2.24, 2.45) is 5.41 Å². The first kappa shape index (κ1) is 15.2. The van der Waals surface area contributed by atoms with E-state index in [4.69, 9.17) is 4.74 Å². The Kier molecular flexibility index (Phi) is 4.55. The Morgan fingerprint density at radius 1 is 1.27 bits per heavy atom. The van der Waals surface area contributed by atoms with Crippen LogP contribution < -0.4 is 0 Å². The highest BCUT2D eigenvalue weighted by Crippen LogP contribution is 2.33. The third-order valence-electron chi connectivity index (χ3n) is 4.57. The van der Waals surface area contributed by atoms with Crippen molar-refractivity contribution in [1.82, 2.24) is 14.5 Å². The molecule has 0 unspecified atom stereocenters. The highest BCUT2D eigenvalue weighted by molar-refractivity contribution is 5.49. The normalized spacial score (nSPS) is 17.5. The van der Waals surface area contributed by atoms with Gasteiger partial charge in [0, 0.05) is 43.8 Å². The highest BCUT2D eigenvalue weighted by Gasteiger charge is 2.33. The van der Waals surface area contributed by atoms with Crippen LogP contribution in [0.2, 0.25) is 0 Å². The summed E-state index contributed by atoms with van der Waals surface area (Å²) in [6.07, 6.45) is 8.42. The fourth-order valence-corrected chi connectivity index (χ4v) is 2.97. The van der Waals surface area contributed by atoms with Crippen LogP contribution in [0.15, 0.2) is 30.7 Å². The summed E-state index contributed by atoms with van der Waals surface area (Å²) in [6, 6.07) is 4.12. The lowest BCUT2D eigenvalue weighted by Crippen LogP contribution is -2.37. The van der Waals surface area contributed by atoms with Crippen LogP contribution in [0.4, 0.5) is 0 Å². The molecule has 1 fully saturated rings. The molecule has 0 atom stereocenters. The van der Waals surface area contributed by atoms with Gasteiger partial charge in [-0.2, -0.15) is 0 Å². The van der Waals surface area contributed by atoms with Gasteiger partial charge >= 0.3 is 0 Å². The summed E-state index contributed by atoms with van der Waals surface area (Å²) in [5, 5.41) is 9.87. The molecule has 3 rings (SSSR count). The van der Waals surface area contributed by atoms with Crippen LogP contribution in [0.25, 0.3) is 11.5 Å². The lowest BCUT2D eigenvalue weighted by atomic mass is 9.81. The van der Waals surface area contributed by atoms with E-state index in [0.29, 0.717) is 13.2 Å². The van der Waals surface area contributed by atoms with E-state index < -0.39 is 0 Å². The molecule has 1 N–H and O–H groups in total. The maximum absolute atomic E-state index is 9.87. The van der Waals surface area contributed by atoms with Crippen molar-refractivity contribution in [1.29, 1.82) is 0 Å². The van der Waals surface area contributed by atoms with Crippen molar-refractivity contribution in [3.8, 4) is 11.5 Å². The van der Waals surface area contributed by atoms with E-state index in [0.717, 1.165) is 37.3 Å². The average Bonchev–Trinajstić information content (AvgIpc) is 3.03. The van der Waals surface area contributed by atoms with Gasteiger partial charge < -0.3 is 14.4 Å². The highest BCUT2D eigenvalue weighted by atomic mass is 16.5. The molecule has 1 aliphatic rings. The summed E-state index contributed by atoms with van der Waals surface area (Å²) in [7, 11) is 0. The van der Waals surface area contributed by atoms with E-state index in [1.165, 1.54) is 5.56 Å². The van der Waals surface area contributed by atoms with Gasteiger partial charge in [-0.3, -0.25) is 4.98 Å². The molecule has 5 heteroatoms. The predicted molar refractivity (Wildman–Crippen MR) is 84.4 cm³/mol. The Bertz CT molecular complexity index is 601. The first-order valence-electron chi connectivity index (χ1n) is 7.91. The molecule has 5 nitrogen and oxygen atoms in total. The van der Waals surface area contributed by atoms with E-state index in [1.807, 2.05) is 18.5 Å². The van der Waals surface area contributed by atoms with Crippen LogP contribution in [-0.2, 0) is 17.7 Å². The zero-order valence-corrected chi connectivity index (χ0v) is 13.0. The van der Waals surface area contributed by atoms with E-state index in [9.17, 15) is 5.11 Å². The monoisotopic (exact) mass is 301 g/mol. The zero-order valence-electron chi connectivity index (χ0n) is 13.0. The minimum atomic E-state index is -0.114. The number of aliphatic hydroxyl groups excluding tert-OH is 1. The minimum absolute atomic E-state index is 0.114. The lowest BCUT2D eigenvalue weighted by Gasteiger charge is -2.36. The first-order valence-corrected chi connectivity index (χ1v) is 7.91. The van der Waals surface area contributed by atoms with Gasteiger partial charge in [-0.15, -0.1) is 0 Å². The van der Waals surface area contributed by atoms with Gasteiger partial charge in [0.15, 0.2) is 5.82 Å². The minimum Gasteiger partial charge on any atom is -0.396 e. The van der Waals surface area contributed by atoms with Gasteiger partial charge in [-0.25, -0.2) is 4.98 Å². The summed E-state index contributed by atoms with van der Waals surface area (Å²) in [5.74, 6) is 0.863. The topological polar surface area (TPSA) is 60.2 Å². The third-order valence-corrected chi connectivity index (χ3v) is 4.57. The van der Waals surface area contributed by atoms with E-state index in [1.54, 1.807) is 6.20 Å². The SMILES string of the molecule is CCc1ccc(-c2nccn2CC2(CO)CCOCC2)nc1. The molecule has 0 amide bonds. The van der Waals surface area contributed by atoms with Crippen molar-refractivity contribution < 1.29 is 9.84 Å². The molecule has 118 valence electrons. The lowest BCUT2D eigenvalue weighted by molar-refractivity contribution is -0.0250. The standard InChI is InChI=1S/C17H23N3O2/c1-2-14-3-4-15(19-11-14)16-18-7-8-20(16)12-17(13-21)5-9-22-10-6-17/h3-4,7-8,11,21H,2,5-6,9-10,12-13H2,1H3. The molecule has 1 saturated heterocycles. The summed E-state index contributed by atoms with van der Waals surface area (Å²) < 4.78 is 7.54. The average molecular weight is 301 g/mol. The van der Waals surface area contributed by atoms with E-state index >= 15 is 0 Å². The van der Waals surface area contributed by atoms with Gasteiger partial charge in [-0.1, -0.05) is 13.0 Å². The second-order valence-corrected chi connectivity index (χ2v) is 6.05. The first-order chi connectivity index (χ1) is 10.8. The van der Waals surface area contributed by atoms with Crippen LogP contribution in [0, 0.1) is 5.41 Å². The number of imidazole rings is 1. The van der Waals surface area contributed by atoms with Gasteiger partial charge in [-0.05, 0) is 30.9 Å². The quantitative estimate of drug-likeness (QED) is 0.920. The number of hydrogen-bond acceptors (Lipinski definition) is 4. The number of pyridine rings is 1. The number of aryl methyl sites for hydroxylation is 1. The second-order valence-electron chi connectivity index (χ2n) is 6.05. The predicted octanol–water partition coefficient (Wildman–Crippen LogP) is 2.30. The molecular formula is C17H23N3O2.